The molecule has 1 heterocycles. The lowest BCUT2D eigenvalue weighted by Crippen LogP contribution is -2.29. The molecule has 6 nitrogen and oxygen atoms in total. The predicted molar refractivity (Wildman–Crippen MR) is 99.7 cm³/mol. The van der Waals surface area contributed by atoms with E-state index in [2.05, 4.69) is 5.32 Å². The van der Waals surface area contributed by atoms with Crippen LogP contribution in [0, 0.1) is 0 Å². The van der Waals surface area contributed by atoms with Crippen LogP contribution in [-0.2, 0) is 14.3 Å². The number of esters is 2. The molecule has 6 heteroatoms. The van der Waals surface area contributed by atoms with E-state index in [1.165, 1.54) is 0 Å². The molecule has 0 saturated carbocycles. The molecule has 0 aliphatic carbocycles. The smallest absolute Gasteiger partial charge is 0.338 e. The number of unbranched alkanes of at least 4 members (excludes halogenated alkanes) is 1. The Labute approximate surface area is 157 Å². The van der Waals surface area contributed by atoms with Crippen LogP contribution in [0.3, 0.4) is 0 Å². The fourth-order valence-electron chi connectivity index (χ4n) is 2.86. The number of ether oxygens (including phenoxy) is 2. The first-order valence-electron chi connectivity index (χ1n) is 8.96. The summed E-state index contributed by atoms with van der Waals surface area (Å²) in [5.74, 6) is -1.47. The average molecular weight is 367 g/mol. The van der Waals surface area contributed by atoms with Gasteiger partial charge < -0.3 is 14.8 Å². The highest BCUT2D eigenvalue weighted by molar-refractivity contribution is 6.00. The second-order valence-corrected chi connectivity index (χ2v) is 6.33. The molecule has 2 aromatic carbocycles. The fraction of sp³-hybridized carbons (Fsp3) is 0.286. The predicted octanol–water partition coefficient (Wildman–Crippen LogP) is 3.67. The van der Waals surface area contributed by atoms with E-state index >= 15 is 0 Å². The maximum absolute atomic E-state index is 12.6. The van der Waals surface area contributed by atoms with Gasteiger partial charge in [0.1, 0.15) is 5.75 Å². The van der Waals surface area contributed by atoms with Gasteiger partial charge in [-0.1, -0.05) is 31.5 Å². The van der Waals surface area contributed by atoms with Crippen molar-refractivity contribution in [3.05, 3.63) is 59.7 Å². The monoisotopic (exact) mass is 367 g/mol. The van der Waals surface area contributed by atoms with Gasteiger partial charge in [0.15, 0.2) is 0 Å². The molecule has 27 heavy (non-hydrogen) atoms. The minimum atomic E-state index is -0.659. The number of amides is 1. The number of nitrogens with one attached hydrogen (secondary N) is 1. The van der Waals surface area contributed by atoms with Gasteiger partial charge in [0.05, 0.1) is 18.1 Å². The van der Waals surface area contributed by atoms with Crippen molar-refractivity contribution in [3.63, 3.8) is 0 Å². The summed E-state index contributed by atoms with van der Waals surface area (Å²) in [6.07, 6.45) is 1.81. The number of hydrogen-bond acceptors (Lipinski definition) is 5. The second kappa shape index (κ2) is 8.49. The van der Waals surface area contributed by atoms with Gasteiger partial charge in [-0.15, -0.1) is 0 Å². The van der Waals surface area contributed by atoms with Crippen molar-refractivity contribution in [2.75, 3.05) is 11.9 Å². The first kappa shape index (κ1) is 18.6. The molecule has 3 rings (SSSR count). The maximum Gasteiger partial charge on any atom is 0.338 e. The molecule has 0 bridgehead atoms. The molecule has 0 radical (unpaired) electrons. The molecule has 1 aliphatic rings. The second-order valence-electron chi connectivity index (χ2n) is 6.33. The zero-order valence-electron chi connectivity index (χ0n) is 15.1. The van der Waals surface area contributed by atoms with Crippen LogP contribution in [0.4, 0.5) is 5.69 Å². The lowest BCUT2D eigenvalue weighted by Gasteiger charge is -2.24. The van der Waals surface area contributed by atoms with Crippen molar-refractivity contribution in [1.29, 1.82) is 0 Å². The molecular formula is C21H21NO5. The number of fused-ring (bicyclic) bond motifs is 1. The van der Waals surface area contributed by atoms with E-state index < -0.39 is 17.9 Å². The topological polar surface area (TPSA) is 81.7 Å². The minimum absolute atomic E-state index is 0.0394. The van der Waals surface area contributed by atoms with Gasteiger partial charge in [-0.05, 0) is 42.3 Å². The zero-order valence-corrected chi connectivity index (χ0v) is 15.1. The number of para-hydroxylation sites is 1. The third-order valence-corrected chi connectivity index (χ3v) is 4.32. The van der Waals surface area contributed by atoms with Crippen molar-refractivity contribution in [1.82, 2.24) is 0 Å². The van der Waals surface area contributed by atoms with Crippen LogP contribution in [0.5, 0.6) is 5.75 Å². The molecule has 1 aliphatic heterocycles. The van der Waals surface area contributed by atoms with Crippen LogP contribution < -0.4 is 10.1 Å². The maximum atomic E-state index is 12.6. The van der Waals surface area contributed by atoms with Crippen molar-refractivity contribution in [2.24, 2.45) is 0 Å². The van der Waals surface area contributed by atoms with Gasteiger partial charge in [0.25, 0.3) is 0 Å². The Hall–Kier alpha value is -3.15. The lowest BCUT2D eigenvalue weighted by atomic mass is 9.91. The molecule has 1 atom stereocenters. The summed E-state index contributed by atoms with van der Waals surface area (Å²) < 4.78 is 10.6. The number of hydrogen-bond donors (Lipinski definition) is 1. The number of rotatable bonds is 6. The Morgan fingerprint density at radius 3 is 2.59 bits per heavy atom. The Kier molecular flexibility index (Phi) is 5.86. The summed E-state index contributed by atoms with van der Waals surface area (Å²) in [7, 11) is 0. The van der Waals surface area contributed by atoms with Gasteiger partial charge in [-0.25, -0.2) is 4.79 Å². The van der Waals surface area contributed by atoms with Crippen LogP contribution in [0.15, 0.2) is 48.5 Å². The Morgan fingerprint density at radius 1 is 1.11 bits per heavy atom. The van der Waals surface area contributed by atoms with Crippen LogP contribution in [0.1, 0.15) is 48.0 Å². The average Bonchev–Trinajstić information content (AvgIpc) is 2.68. The Bertz CT molecular complexity index is 844. The molecule has 2 aromatic rings. The SMILES string of the molecule is CCCCOC(=O)c1ccc(OC(=O)[C@@H]2CC(=O)Nc3ccccc32)cc1. The normalized spacial score (nSPS) is 15.4. The van der Waals surface area contributed by atoms with Crippen LogP contribution >= 0.6 is 0 Å². The van der Waals surface area contributed by atoms with E-state index in [1.54, 1.807) is 42.5 Å². The molecule has 0 aromatic heterocycles. The lowest BCUT2D eigenvalue weighted by molar-refractivity contribution is -0.138. The first-order valence-corrected chi connectivity index (χ1v) is 8.96. The molecule has 140 valence electrons. The van der Waals surface area contributed by atoms with Gasteiger partial charge in [0, 0.05) is 12.1 Å². The van der Waals surface area contributed by atoms with E-state index in [0.717, 1.165) is 18.4 Å². The van der Waals surface area contributed by atoms with E-state index in [9.17, 15) is 14.4 Å². The third-order valence-electron chi connectivity index (χ3n) is 4.32. The summed E-state index contributed by atoms with van der Waals surface area (Å²) in [4.78, 5) is 36.3. The summed E-state index contributed by atoms with van der Waals surface area (Å²) in [5.41, 5.74) is 1.76. The summed E-state index contributed by atoms with van der Waals surface area (Å²) in [6, 6.07) is 13.4. The fourth-order valence-corrected chi connectivity index (χ4v) is 2.86. The number of carbonyl (C=O) groups excluding carboxylic acids is 3. The van der Waals surface area contributed by atoms with Gasteiger partial charge in [0.2, 0.25) is 5.91 Å². The van der Waals surface area contributed by atoms with Gasteiger partial charge >= 0.3 is 11.9 Å². The minimum Gasteiger partial charge on any atom is -0.462 e. The molecule has 0 fully saturated rings. The Balaban J connectivity index is 1.66. The molecule has 1 amide bonds. The van der Waals surface area contributed by atoms with Crippen molar-refractivity contribution in [3.8, 4) is 5.75 Å². The third kappa shape index (κ3) is 4.53. The van der Waals surface area contributed by atoms with Crippen LogP contribution in [0.2, 0.25) is 0 Å². The highest BCUT2D eigenvalue weighted by Crippen LogP contribution is 2.33. The summed E-state index contributed by atoms with van der Waals surface area (Å²) in [5, 5.41) is 2.75. The standard InChI is InChI=1S/C21H21NO5/c1-2-3-12-26-20(24)14-8-10-15(11-9-14)27-21(25)17-13-19(23)22-18-7-5-4-6-16(17)18/h4-11,17H,2-3,12-13H2,1H3,(H,22,23)/t17-/m1/s1. The number of anilines is 1. The molecule has 0 spiro atoms. The largest absolute Gasteiger partial charge is 0.462 e. The Morgan fingerprint density at radius 2 is 1.85 bits per heavy atom. The van der Waals surface area contributed by atoms with E-state index in [1.807, 2.05) is 13.0 Å². The highest BCUT2D eigenvalue weighted by atomic mass is 16.5. The summed E-state index contributed by atoms with van der Waals surface area (Å²) >= 11 is 0. The van der Waals surface area contributed by atoms with Gasteiger partial charge in [-0.2, -0.15) is 0 Å². The van der Waals surface area contributed by atoms with E-state index in [4.69, 9.17) is 9.47 Å². The van der Waals surface area contributed by atoms with Crippen molar-refractivity contribution in [2.45, 2.75) is 32.1 Å². The van der Waals surface area contributed by atoms with E-state index in [-0.39, 0.29) is 12.3 Å². The highest BCUT2D eigenvalue weighted by Gasteiger charge is 2.31. The number of carbonyl (C=O) groups is 3. The number of benzene rings is 2. The first-order chi connectivity index (χ1) is 13.1. The van der Waals surface area contributed by atoms with Crippen molar-refractivity contribution < 1.29 is 23.9 Å². The quantitative estimate of drug-likeness (QED) is 0.478. The zero-order chi connectivity index (χ0) is 19.2. The van der Waals surface area contributed by atoms with Crippen molar-refractivity contribution >= 4 is 23.5 Å². The molecule has 0 saturated heterocycles. The van der Waals surface area contributed by atoms with Crippen LogP contribution in [0.25, 0.3) is 0 Å². The molecule has 1 N–H and O–H groups in total. The van der Waals surface area contributed by atoms with E-state index in [0.29, 0.717) is 23.6 Å². The van der Waals surface area contributed by atoms with Crippen LogP contribution in [-0.4, -0.2) is 24.5 Å². The molecular weight excluding hydrogens is 346 g/mol. The van der Waals surface area contributed by atoms with Gasteiger partial charge in [-0.3, -0.25) is 9.59 Å². The summed E-state index contributed by atoms with van der Waals surface area (Å²) in [6.45, 7) is 2.40. The molecule has 0 unspecified atom stereocenters.